The quantitative estimate of drug-likeness (QED) is 0.300. The zero-order valence-electron chi connectivity index (χ0n) is 15.9. The van der Waals surface area contributed by atoms with Crippen LogP contribution in [-0.2, 0) is 0 Å². The summed E-state index contributed by atoms with van der Waals surface area (Å²) in [6.07, 6.45) is 0. The van der Waals surface area contributed by atoms with Crippen LogP contribution in [0.15, 0.2) is 83.3 Å². The minimum absolute atomic E-state index is 0.935. The van der Waals surface area contributed by atoms with Gasteiger partial charge in [0.15, 0.2) is 0 Å². The Balaban J connectivity index is 1.76. The van der Waals surface area contributed by atoms with E-state index in [-0.39, 0.29) is 0 Å². The maximum atomic E-state index is 6.14. The highest BCUT2D eigenvalue weighted by atomic mass is 16.3. The molecule has 0 aliphatic rings. The first-order valence-corrected chi connectivity index (χ1v) is 9.63. The van der Waals surface area contributed by atoms with Crippen molar-refractivity contribution >= 4 is 43.7 Å². The van der Waals surface area contributed by atoms with Crippen LogP contribution in [0.2, 0.25) is 0 Å². The van der Waals surface area contributed by atoms with Gasteiger partial charge >= 0.3 is 0 Å². The molecule has 0 spiro atoms. The fourth-order valence-corrected chi connectivity index (χ4v) is 4.54. The summed E-state index contributed by atoms with van der Waals surface area (Å²) in [4.78, 5) is 0. The Labute approximate surface area is 162 Å². The number of aryl methyl sites for hydroxylation is 2. The number of rotatable bonds is 1. The third-order valence-corrected chi connectivity index (χ3v) is 5.84. The van der Waals surface area contributed by atoms with Crippen molar-refractivity contribution in [1.29, 1.82) is 0 Å². The van der Waals surface area contributed by atoms with Gasteiger partial charge in [-0.15, -0.1) is 0 Å². The van der Waals surface area contributed by atoms with Crippen LogP contribution in [0.25, 0.3) is 49.4 Å². The maximum Gasteiger partial charge on any atom is 0.138 e. The van der Waals surface area contributed by atoms with Crippen LogP contribution in [0.4, 0.5) is 0 Å². The van der Waals surface area contributed by atoms with Gasteiger partial charge in [-0.1, -0.05) is 48.5 Å². The minimum Gasteiger partial charge on any atom is -0.456 e. The van der Waals surface area contributed by atoms with E-state index in [9.17, 15) is 0 Å². The molecule has 0 unspecified atom stereocenters. The summed E-state index contributed by atoms with van der Waals surface area (Å²) in [6, 6.07) is 28.1. The number of hydrogen-bond donors (Lipinski definition) is 0. The summed E-state index contributed by atoms with van der Waals surface area (Å²) in [6.45, 7) is 4.29. The van der Waals surface area contributed by atoms with E-state index in [2.05, 4.69) is 97.3 Å². The van der Waals surface area contributed by atoms with Crippen LogP contribution in [0.1, 0.15) is 11.1 Å². The van der Waals surface area contributed by atoms with E-state index in [4.69, 9.17) is 4.42 Å². The highest BCUT2D eigenvalue weighted by molar-refractivity contribution is 6.11. The summed E-state index contributed by atoms with van der Waals surface area (Å²) in [5.74, 6) is 0. The first kappa shape index (κ1) is 15.5. The Morgan fingerprint density at radius 1 is 0.643 bits per heavy atom. The highest BCUT2D eigenvalue weighted by Crippen LogP contribution is 2.36. The number of benzene rings is 4. The molecule has 134 valence electrons. The molecule has 0 bridgehead atoms. The number of hydrogen-bond acceptors (Lipinski definition) is 1. The second-order valence-electron chi connectivity index (χ2n) is 7.56. The largest absolute Gasteiger partial charge is 0.456 e. The highest BCUT2D eigenvalue weighted by Gasteiger charge is 2.15. The van der Waals surface area contributed by atoms with E-state index in [0.29, 0.717) is 0 Å². The molecule has 0 saturated carbocycles. The fourth-order valence-electron chi connectivity index (χ4n) is 4.54. The van der Waals surface area contributed by atoms with Gasteiger partial charge in [0, 0.05) is 27.2 Å². The monoisotopic (exact) mass is 361 g/mol. The lowest BCUT2D eigenvalue weighted by molar-refractivity contribution is 0.665. The lowest BCUT2D eigenvalue weighted by Gasteiger charge is -2.08. The average molecular weight is 361 g/mol. The first-order chi connectivity index (χ1) is 13.7. The first-order valence-electron chi connectivity index (χ1n) is 9.63. The maximum absolute atomic E-state index is 6.14. The van der Waals surface area contributed by atoms with Crippen molar-refractivity contribution in [2.24, 2.45) is 0 Å². The molecule has 0 saturated heterocycles. The summed E-state index contributed by atoms with van der Waals surface area (Å²) in [5.41, 5.74) is 8.02. The molecule has 0 N–H and O–H groups in total. The third kappa shape index (κ3) is 1.97. The predicted octanol–water partition coefficient (Wildman–Crippen LogP) is 7.30. The number of aromatic nitrogens is 1. The molecule has 0 radical (unpaired) electrons. The Morgan fingerprint density at radius 2 is 1.39 bits per heavy atom. The Kier molecular flexibility index (Phi) is 3.05. The summed E-state index contributed by atoms with van der Waals surface area (Å²) < 4.78 is 8.51. The van der Waals surface area contributed by atoms with Crippen molar-refractivity contribution in [3.05, 3.63) is 90.0 Å². The van der Waals surface area contributed by atoms with Crippen molar-refractivity contribution in [2.45, 2.75) is 13.8 Å². The second kappa shape index (κ2) is 5.49. The van der Waals surface area contributed by atoms with Gasteiger partial charge in [0.25, 0.3) is 0 Å². The van der Waals surface area contributed by atoms with Crippen LogP contribution in [0.3, 0.4) is 0 Å². The van der Waals surface area contributed by atoms with Gasteiger partial charge < -0.3 is 8.98 Å². The smallest absolute Gasteiger partial charge is 0.138 e. The number of nitrogens with zero attached hydrogens (tertiary/aromatic N) is 1. The number of para-hydroxylation sites is 2. The summed E-state index contributed by atoms with van der Waals surface area (Å²) >= 11 is 0. The van der Waals surface area contributed by atoms with Crippen LogP contribution in [0.5, 0.6) is 0 Å². The Hall–Kier alpha value is -3.52. The molecule has 2 heteroatoms. The summed E-state index contributed by atoms with van der Waals surface area (Å²) in [5, 5.41) is 4.96. The van der Waals surface area contributed by atoms with Crippen molar-refractivity contribution in [3.8, 4) is 5.69 Å². The van der Waals surface area contributed by atoms with Gasteiger partial charge in [0.1, 0.15) is 11.2 Å². The molecule has 0 aliphatic heterocycles. The van der Waals surface area contributed by atoms with E-state index in [1.807, 2.05) is 0 Å². The number of fused-ring (bicyclic) bond motifs is 6. The molecule has 6 aromatic rings. The number of furan rings is 1. The molecule has 2 nitrogen and oxygen atoms in total. The van der Waals surface area contributed by atoms with Crippen molar-refractivity contribution < 1.29 is 4.42 Å². The molecule has 0 aliphatic carbocycles. The van der Waals surface area contributed by atoms with Crippen molar-refractivity contribution in [3.63, 3.8) is 0 Å². The van der Waals surface area contributed by atoms with Crippen LogP contribution < -0.4 is 0 Å². The van der Waals surface area contributed by atoms with Gasteiger partial charge in [0.05, 0.1) is 11.0 Å². The molecular weight excluding hydrogens is 342 g/mol. The molecule has 0 fully saturated rings. The fraction of sp³-hybridized carbons (Fsp3) is 0.0769. The molecule has 2 aromatic heterocycles. The molecule has 0 atom stereocenters. The van der Waals surface area contributed by atoms with Crippen molar-refractivity contribution in [2.75, 3.05) is 0 Å². The van der Waals surface area contributed by atoms with E-state index < -0.39 is 0 Å². The summed E-state index contributed by atoms with van der Waals surface area (Å²) in [7, 11) is 0. The van der Waals surface area contributed by atoms with E-state index in [1.165, 1.54) is 38.3 Å². The molecule has 4 aromatic carbocycles. The van der Waals surface area contributed by atoms with Crippen LogP contribution in [0, 0.1) is 13.8 Å². The Bertz CT molecular complexity index is 1530. The molecule has 2 heterocycles. The van der Waals surface area contributed by atoms with Crippen molar-refractivity contribution in [1.82, 2.24) is 4.57 Å². The molecule has 0 amide bonds. The third-order valence-electron chi connectivity index (χ3n) is 5.84. The van der Waals surface area contributed by atoms with Gasteiger partial charge in [-0.2, -0.15) is 0 Å². The predicted molar refractivity (Wildman–Crippen MR) is 118 cm³/mol. The standard InChI is InChI=1S/C26H19NO/c1-16-7-6-12-23-25(16)20-9-3-4-11-22(20)27(23)18-13-14-24-21(15-18)19-10-5-8-17(2)26(19)28-24/h3-15H,1-2H3. The van der Waals surface area contributed by atoms with Gasteiger partial charge in [-0.25, -0.2) is 0 Å². The Morgan fingerprint density at radius 3 is 2.32 bits per heavy atom. The lowest BCUT2D eigenvalue weighted by Crippen LogP contribution is -1.93. The van der Waals surface area contributed by atoms with E-state index in [1.54, 1.807) is 0 Å². The van der Waals surface area contributed by atoms with Gasteiger partial charge in [0.2, 0.25) is 0 Å². The van der Waals surface area contributed by atoms with E-state index >= 15 is 0 Å². The lowest BCUT2D eigenvalue weighted by atomic mass is 10.1. The molecular formula is C26H19NO. The SMILES string of the molecule is Cc1cccc2c1oc1ccc(-n3c4ccccc4c4c(C)cccc43)cc12. The van der Waals surface area contributed by atoms with Gasteiger partial charge in [-0.3, -0.25) is 0 Å². The normalized spacial score (nSPS) is 11.9. The van der Waals surface area contributed by atoms with Crippen LogP contribution in [-0.4, -0.2) is 4.57 Å². The van der Waals surface area contributed by atoms with Gasteiger partial charge in [-0.05, 0) is 55.3 Å². The van der Waals surface area contributed by atoms with E-state index in [0.717, 1.165) is 22.2 Å². The minimum atomic E-state index is 0.935. The molecule has 28 heavy (non-hydrogen) atoms. The zero-order chi connectivity index (χ0) is 18.8. The zero-order valence-corrected chi connectivity index (χ0v) is 15.9. The second-order valence-corrected chi connectivity index (χ2v) is 7.56. The molecule has 6 rings (SSSR count). The topological polar surface area (TPSA) is 18.1 Å². The average Bonchev–Trinajstić information content (AvgIpc) is 3.25. The van der Waals surface area contributed by atoms with Crippen LogP contribution >= 0.6 is 0 Å².